The lowest BCUT2D eigenvalue weighted by Gasteiger charge is -2.38. The largest absolute Gasteiger partial charge is 0.497 e. The molecule has 2 saturated heterocycles. The monoisotopic (exact) mass is 567 g/mol. The van der Waals surface area contributed by atoms with Crippen molar-refractivity contribution in [3.8, 4) is 11.6 Å². The van der Waals surface area contributed by atoms with E-state index in [4.69, 9.17) is 9.47 Å². The number of ether oxygens (including phenoxy) is 2. The topological polar surface area (TPSA) is 118 Å². The van der Waals surface area contributed by atoms with Gasteiger partial charge in [0, 0.05) is 49.9 Å². The summed E-state index contributed by atoms with van der Waals surface area (Å²) in [7, 11) is -2.16. The van der Waals surface area contributed by atoms with E-state index in [-0.39, 0.29) is 12.6 Å². The average molecular weight is 568 g/mol. The first-order valence-corrected chi connectivity index (χ1v) is 15.2. The normalized spacial score (nSPS) is 19.8. The molecule has 3 aromatic rings. The molecule has 40 heavy (non-hydrogen) atoms. The molecule has 10 nitrogen and oxygen atoms in total. The highest BCUT2D eigenvalue weighted by molar-refractivity contribution is 7.89. The molecule has 214 valence electrons. The Morgan fingerprint density at radius 3 is 2.50 bits per heavy atom. The quantitative estimate of drug-likeness (QED) is 0.436. The van der Waals surface area contributed by atoms with Crippen molar-refractivity contribution < 1.29 is 23.0 Å². The van der Waals surface area contributed by atoms with Crippen LogP contribution in [0.5, 0.6) is 11.6 Å². The number of anilines is 1. The van der Waals surface area contributed by atoms with Gasteiger partial charge in [0.1, 0.15) is 12.4 Å². The van der Waals surface area contributed by atoms with Gasteiger partial charge in [-0.15, -0.1) is 0 Å². The molecular weight excluding hydrogens is 530 g/mol. The second-order valence-electron chi connectivity index (χ2n) is 10.6. The Morgan fingerprint density at radius 2 is 1.82 bits per heavy atom. The van der Waals surface area contributed by atoms with Crippen LogP contribution in [0.2, 0.25) is 0 Å². The summed E-state index contributed by atoms with van der Waals surface area (Å²) < 4.78 is 40.7. The molecule has 1 aromatic carbocycles. The van der Waals surface area contributed by atoms with Crippen molar-refractivity contribution in [2.45, 2.75) is 62.5 Å². The maximum atomic E-state index is 13.8. The molecule has 0 spiro atoms. The van der Waals surface area contributed by atoms with Gasteiger partial charge in [0.2, 0.25) is 21.9 Å². The lowest BCUT2D eigenvalue weighted by molar-refractivity contribution is 0.0112. The molecule has 2 aromatic heterocycles. The van der Waals surface area contributed by atoms with E-state index in [9.17, 15) is 13.5 Å². The third kappa shape index (κ3) is 5.77. The zero-order chi connectivity index (χ0) is 28.3. The van der Waals surface area contributed by atoms with Crippen LogP contribution in [-0.4, -0.2) is 72.2 Å². The SMILES string of the molecule is COc1cc(C)c(S(=O)(=O)N2CCCCC2COc2ccnc(N3CCC(O)(c4cccnc4)CC3)n2)c(C)c1. The van der Waals surface area contributed by atoms with E-state index in [1.54, 1.807) is 62.1 Å². The third-order valence-corrected chi connectivity index (χ3v) is 10.2. The first-order valence-electron chi connectivity index (χ1n) is 13.7. The first kappa shape index (κ1) is 28.3. The summed E-state index contributed by atoms with van der Waals surface area (Å²) in [6, 6.07) is 8.65. The Morgan fingerprint density at radius 1 is 1.07 bits per heavy atom. The van der Waals surface area contributed by atoms with E-state index in [1.165, 1.54) is 0 Å². The Balaban J connectivity index is 1.27. The number of methoxy groups -OCH3 is 1. The zero-order valence-electron chi connectivity index (χ0n) is 23.3. The maximum Gasteiger partial charge on any atom is 0.243 e. The number of aryl methyl sites for hydroxylation is 2. The number of hydrogen-bond acceptors (Lipinski definition) is 9. The molecule has 0 radical (unpaired) electrons. The second kappa shape index (κ2) is 11.7. The minimum atomic E-state index is -3.73. The number of sulfonamides is 1. The zero-order valence-corrected chi connectivity index (χ0v) is 24.1. The third-order valence-electron chi connectivity index (χ3n) is 7.92. The molecule has 11 heteroatoms. The molecule has 2 aliphatic rings. The standard InChI is InChI=1S/C29H37N5O5S/c1-21-17-25(38-3)18-22(2)27(21)40(36,37)34-14-5-4-8-24(34)20-39-26-9-13-31-28(32-26)33-15-10-29(35,11-16-33)23-7-6-12-30-19-23/h6-7,9,12-13,17-19,24,35H,4-5,8,10-11,14-16,20H2,1-3H3. The molecule has 0 aliphatic carbocycles. The minimum Gasteiger partial charge on any atom is -0.497 e. The lowest BCUT2D eigenvalue weighted by Crippen LogP contribution is -2.47. The summed E-state index contributed by atoms with van der Waals surface area (Å²) in [6.07, 6.45) is 8.59. The summed E-state index contributed by atoms with van der Waals surface area (Å²) in [5, 5.41) is 11.1. The lowest BCUT2D eigenvalue weighted by atomic mass is 9.85. The molecule has 0 bridgehead atoms. The molecule has 1 N–H and O–H groups in total. The highest BCUT2D eigenvalue weighted by Crippen LogP contribution is 2.34. The van der Waals surface area contributed by atoms with E-state index < -0.39 is 15.6 Å². The van der Waals surface area contributed by atoms with Gasteiger partial charge in [-0.3, -0.25) is 4.98 Å². The number of pyridine rings is 1. The number of aromatic nitrogens is 3. The fourth-order valence-electron chi connectivity index (χ4n) is 5.76. The van der Waals surface area contributed by atoms with Crippen LogP contribution in [-0.2, 0) is 15.6 Å². The van der Waals surface area contributed by atoms with Gasteiger partial charge in [-0.2, -0.15) is 9.29 Å². The van der Waals surface area contributed by atoms with Crippen molar-refractivity contribution in [1.82, 2.24) is 19.3 Å². The van der Waals surface area contributed by atoms with E-state index in [0.717, 1.165) is 18.4 Å². The number of benzene rings is 1. The van der Waals surface area contributed by atoms with Gasteiger partial charge in [0.15, 0.2) is 0 Å². The van der Waals surface area contributed by atoms with Gasteiger partial charge in [-0.25, -0.2) is 13.4 Å². The Labute approximate surface area is 236 Å². The van der Waals surface area contributed by atoms with Crippen molar-refractivity contribution in [3.63, 3.8) is 0 Å². The van der Waals surface area contributed by atoms with Gasteiger partial charge in [-0.1, -0.05) is 12.5 Å². The Hall–Kier alpha value is -3.28. The van der Waals surface area contributed by atoms with Crippen LogP contribution in [0.4, 0.5) is 5.95 Å². The fraction of sp³-hybridized carbons (Fsp3) is 0.483. The van der Waals surface area contributed by atoms with Crippen molar-refractivity contribution in [1.29, 1.82) is 0 Å². The predicted molar refractivity (Wildman–Crippen MR) is 151 cm³/mol. The van der Waals surface area contributed by atoms with Crippen LogP contribution < -0.4 is 14.4 Å². The summed E-state index contributed by atoms with van der Waals surface area (Å²) in [5.41, 5.74) is 1.23. The van der Waals surface area contributed by atoms with Crippen molar-refractivity contribution >= 4 is 16.0 Å². The van der Waals surface area contributed by atoms with Crippen LogP contribution >= 0.6 is 0 Å². The van der Waals surface area contributed by atoms with Crippen molar-refractivity contribution in [2.75, 3.05) is 38.3 Å². The highest BCUT2D eigenvalue weighted by Gasteiger charge is 2.37. The van der Waals surface area contributed by atoms with Gasteiger partial charge >= 0.3 is 0 Å². The average Bonchev–Trinajstić information content (AvgIpc) is 2.96. The number of aliphatic hydroxyl groups is 1. The van der Waals surface area contributed by atoms with Crippen LogP contribution in [0.25, 0.3) is 0 Å². The molecule has 0 amide bonds. The minimum absolute atomic E-state index is 0.199. The summed E-state index contributed by atoms with van der Waals surface area (Å²) in [6.45, 7) is 5.43. The van der Waals surface area contributed by atoms with Crippen LogP contribution in [0.1, 0.15) is 48.8 Å². The van der Waals surface area contributed by atoms with Crippen LogP contribution in [0.15, 0.2) is 53.8 Å². The second-order valence-corrected chi connectivity index (χ2v) is 12.4. The molecule has 5 rings (SSSR count). The number of nitrogens with zero attached hydrogens (tertiary/aromatic N) is 5. The summed E-state index contributed by atoms with van der Waals surface area (Å²) in [4.78, 5) is 15.6. The van der Waals surface area contributed by atoms with E-state index in [2.05, 4.69) is 15.0 Å². The maximum absolute atomic E-state index is 13.8. The molecule has 1 atom stereocenters. The van der Waals surface area contributed by atoms with Gasteiger partial charge in [-0.05, 0) is 68.9 Å². The number of piperidine rings is 2. The number of rotatable bonds is 8. The molecule has 1 unspecified atom stereocenters. The van der Waals surface area contributed by atoms with Gasteiger partial charge < -0.3 is 19.5 Å². The van der Waals surface area contributed by atoms with Crippen LogP contribution in [0, 0.1) is 13.8 Å². The van der Waals surface area contributed by atoms with Crippen molar-refractivity contribution in [2.24, 2.45) is 0 Å². The van der Waals surface area contributed by atoms with E-state index >= 15 is 0 Å². The smallest absolute Gasteiger partial charge is 0.243 e. The van der Waals surface area contributed by atoms with E-state index in [1.807, 2.05) is 17.0 Å². The summed E-state index contributed by atoms with van der Waals surface area (Å²) in [5.74, 6) is 1.57. The molecule has 2 aliphatic heterocycles. The van der Waals surface area contributed by atoms with Crippen molar-refractivity contribution in [3.05, 3.63) is 65.6 Å². The Kier molecular flexibility index (Phi) is 8.25. The summed E-state index contributed by atoms with van der Waals surface area (Å²) >= 11 is 0. The molecular formula is C29H37N5O5S. The molecule has 4 heterocycles. The van der Waals surface area contributed by atoms with Gasteiger partial charge in [0.25, 0.3) is 0 Å². The van der Waals surface area contributed by atoms with E-state index in [0.29, 0.717) is 72.5 Å². The molecule has 0 saturated carbocycles. The number of hydrogen-bond donors (Lipinski definition) is 1. The van der Waals surface area contributed by atoms with Gasteiger partial charge in [0.05, 0.1) is 23.6 Å². The Bertz CT molecular complexity index is 1400. The predicted octanol–water partition coefficient (Wildman–Crippen LogP) is 3.61. The fourth-order valence-corrected chi connectivity index (χ4v) is 7.85. The van der Waals surface area contributed by atoms with Crippen LogP contribution in [0.3, 0.4) is 0 Å². The first-order chi connectivity index (χ1) is 19.2. The molecule has 2 fully saturated rings. The highest BCUT2D eigenvalue weighted by atomic mass is 32.2.